The highest BCUT2D eigenvalue weighted by atomic mass is 79.9. The Bertz CT molecular complexity index is 316. The number of aromatic nitrogens is 2. The van der Waals surface area contributed by atoms with Gasteiger partial charge in [-0.1, -0.05) is 15.9 Å². The summed E-state index contributed by atoms with van der Waals surface area (Å²) in [6.07, 6.45) is 6.82. The molecule has 0 atom stereocenters. The minimum Gasteiger partial charge on any atom is -0.299 e. The SMILES string of the molecule is CCn1cc(CN2CCC(CBr)CC2)cn1. The van der Waals surface area contributed by atoms with Crippen LogP contribution in [0.3, 0.4) is 0 Å². The molecule has 1 aromatic rings. The van der Waals surface area contributed by atoms with Gasteiger partial charge < -0.3 is 0 Å². The summed E-state index contributed by atoms with van der Waals surface area (Å²) in [5, 5.41) is 5.48. The van der Waals surface area contributed by atoms with E-state index in [2.05, 4.69) is 39.0 Å². The monoisotopic (exact) mass is 285 g/mol. The van der Waals surface area contributed by atoms with Gasteiger partial charge in [0.2, 0.25) is 0 Å². The van der Waals surface area contributed by atoms with Gasteiger partial charge in [0.15, 0.2) is 0 Å². The van der Waals surface area contributed by atoms with Gasteiger partial charge in [-0.15, -0.1) is 0 Å². The lowest BCUT2D eigenvalue weighted by molar-refractivity contribution is 0.187. The average molecular weight is 286 g/mol. The smallest absolute Gasteiger partial charge is 0.0534 e. The lowest BCUT2D eigenvalue weighted by Gasteiger charge is -2.30. The molecule has 4 heteroatoms. The molecule has 0 aliphatic carbocycles. The number of halogens is 1. The lowest BCUT2D eigenvalue weighted by Crippen LogP contribution is -2.33. The minimum atomic E-state index is 0.884. The van der Waals surface area contributed by atoms with Gasteiger partial charge in [-0.25, -0.2) is 0 Å². The van der Waals surface area contributed by atoms with Crippen molar-refractivity contribution in [1.29, 1.82) is 0 Å². The summed E-state index contributed by atoms with van der Waals surface area (Å²) >= 11 is 3.58. The normalized spacial score (nSPS) is 19.1. The zero-order valence-corrected chi connectivity index (χ0v) is 11.5. The molecule has 1 aliphatic rings. The van der Waals surface area contributed by atoms with Crippen LogP contribution in [0.25, 0.3) is 0 Å². The van der Waals surface area contributed by atoms with Crippen LogP contribution in [0.15, 0.2) is 12.4 Å². The molecule has 90 valence electrons. The second-order valence-electron chi connectivity index (χ2n) is 4.58. The fraction of sp³-hybridized carbons (Fsp3) is 0.750. The number of rotatable bonds is 4. The van der Waals surface area contributed by atoms with Crippen LogP contribution in [0, 0.1) is 5.92 Å². The molecule has 1 saturated heterocycles. The predicted molar refractivity (Wildman–Crippen MR) is 69.7 cm³/mol. The third-order valence-corrected chi connectivity index (χ3v) is 4.26. The Morgan fingerprint density at radius 1 is 1.44 bits per heavy atom. The third-order valence-electron chi connectivity index (χ3n) is 3.34. The molecule has 3 nitrogen and oxygen atoms in total. The summed E-state index contributed by atoms with van der Waals surface area (Å²) in [5.41, 5.74) is 1.35. The number of aryl methyl sites for hydroxylation is 1. The first-order chi connectivity index (χ1) is 7.81. The topological polar surface area (TPSA) is 21.1 Å². The zero-order valence-electron chi connectivity index (χ0n) is 9.90. The van der Waals surface area contributed by atoms with E-state index in [0.29, 0.717) is 0 Å². The van der Waals surface area contributed by atoms with Crippen LogP contribution in [-0.4, -0.2) is 33.1 Å². The van der Waals surface area contributed by atoms with Crippen molar-refractivity contribution in [2.75, 3.05) is 18.4 Å². The Morgan fingerprint density at radius 2 is 2.19 bits per heavy atom. The first-order valence-electron chi connectivity index (χ1n) is 6.11. The van der Waals surface area contributed by atoms with Crippen LogP contribution in [0.1, 0.15) is 25.3 Å². The van der Waals surface area contributed by atoms with Gasteiger partial charge in [0, 0.05) is 30.2 Å². The van der Waals surface area contributed by atoms with Gasteiger partial charge >= 0.3 is 0 Å². The number of hydrogen-bond donors (Lipinski definition) is 0. The van der Waals surface area contributed by atoms with Crippen LogP contribution in [0.4, 0.5) is 0 Å². The molecule has 0 radical (unpaired) electrons. The third kappa shape index (κ3) is 3.08. The van der Waals surface area contributed by atoms with E-state index in [0.717, 1.165) is 24.3 Å². The standard InChI is InChI=1S/C12H20BrN3/c1-2-16-10-12(8-14-16)9-15-5-3-11(7-13)4-6-15/h8,10-11H,2-7,9H2,1H3. The Hall–Kier alpha value is -0.350. The molecule has 2 heterocycles. The molecule has 1 aliphatic heterocycles. The van der Waals surface area contributed by atoms with E-state index in [1.165, 1.54) is 31.5 Å². The Morgan fingerprint density at radius 3 is 2.75 bits per heavy atom. The van der Waals surface area contributed by atoms with Crippen molar-refractivity contribution < 1.29 is 0 Å². The van der Waals surface area contributed by atoms with Gasteiger partial charge in [0.1, 0.15) is 0 Å². The van der Waals surface area contributed by atoms with Crippen molar-refractivity contribution in [3.05, 3.63) is 18.0 Å². The average Bonchev–Trinajstić information content (AvgIpc) is 2.78. The zero-order chi connectivity index (χ0) is 11.4. The molecule has 0 amide bonds. The number of piperidine rings is 1. The molecule has 0 spiro atoms. The molecule has 16 heavy (non-hydrogen) atoms. The fourth-order valence-corrected chi connectivity index (χ4v) is 2.87. The van der Waals surface area contributed by atoms with E-state index in [1.807, 2.05) is 10.9 Å². The summed E-state index contributed by atoms with van der Waals surface area (Å²) in [5.74, 6) is 0.884. The van der Waals surface area contributed by atoms with Gasteiger partial charge in [-0.05, 0) is 38.8 Å². The highest BCUT2D eigenvalue weighted by Crippen LogP contribution is 2.20. The quantitative estimate of drug-likeness (QED) is 0.793. The van der Waals surface area contributed by atoms with E-state index >= 15 is 0 Å². The van der Waals surface area contributed by atoms with Crippen molar-refractivity contribution in [3.8, 4) is 0 Å². The molecule has 0 aromatic carbocycles. The summed E-state index contributed by atoms with van der Waals surface area (Å²) < 4.78 is 2.00. The summed E-state index contributed by atoms with van der Waals surface area (Å²) in [6, 6.07) is 0. The molecule has 0 bridgehead atoms. The summed E-state index contributed by atoms with van der Waals surface area (Å²) in [4.78, 5) is 2.54. The van der Waals surface area contributed by atoms with Crippen LogP contribution in [-0.2, 0) is 13.1 Å². The molecule has 1 aromatic heterocycles. The van der Waals surface area contributed by atoms with E-state index in [9.17, 15) is 0 Å². The molecule has 0 N–H and O–H groups in total. The molecule has 0 saturated carbocycles. The highest BCUT2D eigenvalue weighted by molar-refractivity contribution is 9.09. The maximum atomic E-state index is 4.31. The number of likely N-dealkylation sites (tertiary alicyclic amines) is 1. The molecule has 0 unspecified atom stereocenters. The van der Waals surface area contributed by atoms with Gasteiger partial charge in [0.05, 0.1) is 6.20 Å². The summed E-state index contributed by atoms with van der Waals surface area (Å²) in [6.45, 7) is 6.61. The maximum absolute atomic E-state index is 4.31. The number of alkyl halides is 1. The van der Waals surface area contributed by atoms with Gasteiger partial charge in [0.25, 0.3) is 0 Å². The predicted octanol–water partition coefficient (Wildman–Crippen LogP) is 2.51. The van der Waals surface area contributed by atoms with Crippen molar-refractivity contribution in [2.24, 2.45) is 5.92 Å². The van der Waals surface area contributed by atoms with E-state index in [4.69, 9.17) is 0 Å². The first-order valence-corrected chi connectivity index (χ1v) is 7.23. The van der Waals surface area contributed by atoms with Gasteiger partial charge in [-0.2, -0.15) is 5.10 Å². The van der Waals surface area contributed by atoms with Crippen molar-refractivity contribution >= 4 is 15.9 Å². The Labute approximate surface area is 106 Å². The second kappa shape index (κ2) is 5.82. The van der Waals surface area contributed by atoms with Crippen LogP contribution in [0.5, 0.6) is 0 Å². The number of nitrogens with zero attached hydrogens (tertiary/aromatic N) is 3. The maximum Gasteiger partial charge on any atom is 0.0534 e. The Balaban J connectivity index is 1.82. The number of hydrogen-bond acceptors (Lipinski definition) is 2. The van der Waals surface area contributed by atoms with E-state index in [-0.39, 0.29) is 0 Å². The summed E-state index contributed by atoms with van der Waals surface area (Å²) in [7, 11) is 0. The highest BCUT2D eigenvalue weighted by Gasteiger charge is 2.18. The lowest BCUT2D eigenvalue weighted by atomic mass is 9.99. The van der Waals surface area contributed by atoms with Crippen molar-refractivity contribution in [3.63, 3.8) is 0 Å². The van der Waals surface area contributed by atoms with E-state index < -0.39 is 0 Å². The van der Waals surface area contributed by atoms with Crippen LogP contribution >= 0.6 is 15.9 Å². The molecular formula is C12H20BrN3. The molecule has 1 fully saturated rings. The second-order valence-corrected chi connectivity index (χ2v) is 5.23. The van der Waals surface area contributed by atoms with E-state index in [1.54, 1.807) is 0 Å². The van der Waals surface area contributed by atoms with Crippen molar-refractivity contribution in [1.82, 2.24) is 14.7 Å². The molecule has 2 rings (SSSR count). The first kappa shape index (κ1) is 12.1. The van der Waals surface area contributed by atoms with Crippen LogP contribution < -0.4 is 0 Å². The van der Waals surface area contributed by atoms with Crippen molar-refractivity contribution in [2.45, 2.75) is 32.9 Å². The fourth-order valence-electron chi connectivity index (χ4n) is 2.22. The largest absolute Gasteiger partial charge is 0.299 e. The minimum absolute atomic E-state index is 0.884. The Kier molecular flexibility index (Phi) is 4.41. The molecular weight excluding hydrogens is 266 g/mol. The van der Waals surface area contributed by atoms with Gasteiger partial charge in [-0.3, -0.25) is 9.58 Å². The van der Waals surface area contributed by atoms with Crippen LogP contribution in [0.2, 0.25) is 0 Å².